The van der Waals surface area contributed by atoms with E-state index in [1.165, 1.54) is 5.56 Å². The molecule has 0 aliphatic carbocycles. The average Bonchev–Trinajstić information content (AvgIpc) is 3.38. The third-order valence-electron chi connectivity index (χ3n) is 5.85. The first kappa shape index (κ1) is 19.9. The van der Waals surface area contributed by atoms with Gasteiger partial charge in [-0.15, -0.1) is 0 Å². The quantitative estimate of drug-likeness (QED) is 0.480. The molecule has 1 aliphatic rings. The molecule has 6 heteroatoms. The fraction of sp³-hybridized carbons (Fsp3) is 0.154. The minimum absolute atomic E-state index is 0.114. The maximum atomic E-state index is 13.6. The van der Waals surface area contributed by atoms with Crippen LogP contribution in [0.2, 0.25) is 0 Å². The van der Waals surface area contributed by atoms with Crippen molar-refractivity contribution in [3.05, 3.63) is 95.2 Å². The zero-order chi connectivity index (χ0) is 22.2. The van der Waals surface area contributed by atoms with Gasteiger partial charge in [0, 0.05) is 16.8 Å². The summed E-state index contributed by atoms with van der Waals surface area (Å²) in [6.45, 7) is 2.05. The summed E-state index contributed by atoms with van der Waals surface area (Å²) >= 11 is 0. The largest absolute Gasteiger partial charge is 0.493 e. The Labute approximate surface area is 186 Å². The van der Waals surface area contributed by atoms with E-state index < -0.39 is 0 Å². The van der Waals surface area contributed by atoms with Crippen LogP contribution < -0.4 is 14.4 Å². The molecule has 0 saturated carbocycles. The van der Waals surface area contributed by atoms with Crippen LogP contribution in [-0.2, 0) is 0 Å². The highest BCUT2D eigenvalue weighted by Crippen LogP contribution is 2.46. The van der Waals surface area contributed by atoms with Crippen LogP contribution in [0, 0.1) is 6.92 Å². The topological polar surface area (TPSA) is 67.5 Å². The molecule has 0 saturated heterocycles. The molecule has 0 fully saturated rings. The number of methoxy groups -OCH3 is 2. The fourth-order valence-corrected chi connectivity index (χ4v) is 4.27. The third kappa shape index (κ3) is 3.12. The van der Waals surface area contributed by atoms with E-state index in [1.54, 1.807) is 14.2 Å². The number of anilines is 1. The van der Waals surface area contributed by atoms with Gasteiger partial charge in [0.15, 0.2) is 11.5 Å². The van der Waals surface area contributed by atoms with E-state index in [1.807, 2.05) is 84.6 Å². The lowest BCUT2D eigenvalue weighted by Gasteiger charge is -2.27. The van der Waals surface area contributed by atoms with E-state index in [9.17, 15) is 4.79 Å². The number of rotatable bonds is 5. The molecule has 1 atom stereocenters. The Morgan fingerprint density at radius 3 is 2.31 bits per heavy atom. The Bertz CT molecular complexity index is 1280. The number of aromatic nitrogens is 2. The first-order chi connectivity index (χ1) is 15.6. The second kappa shape index (κ2) is 7.89. The summed E-state index contributed by atoms with van der Waals surface area (Å²) in [7, 11) is 3.22. The van der Waals surface area contributed by atoms with Crippen molar-refractivity contribution in [2.45, 2.75) is 13.0 Å². The van der Waals surface area contributed by atoms with Crippen molar-refractivity contribution in [1.29, 1.82) is 0 Å². The number of benzene rings is 3. The lowest BCUT2D eigenvalue weighted by Crippen LogP contribution is -2.29. The van der Waals surface area contributed by atoms with E-state index in [0.717, 1.165) is 28.1 Å². The summed E-state index contributed by atoms with van der Waals surface area (Å²) in [6.07, 6.45) is 0. The Kier molecular flexibility index (Phi) is 4.90. The number of aromatic amines is 1. The summed E-state index contributed by atoms with van der Waals surface area (Å²) in [5.74, 6) is 1.13. The highest BCUT2D eigenvalue weighted by atomic mass is 16.5. The summed E-state index contributed by atoms with van der Waals surface area (Å²) < 4.78 is 11.0. The number of nitrogens with one attached hydrogen (secondary N) is 1. The number of H-pyrrole nitrogens is 1. The van der Waals surface area contributed by atoms with Gasteiger partial charge in [-0.3, -0.25) is 14.8 Å². The monoisotopic (exact) mass is 425 g/mol. The number of carbonyl (C=O) groups excluding carboxylic acids is 1. The molecule has 5 rings (SSSR count). The fourth-order valence-electron chi connectivity index (χ4n) is 4.27. The molecule has 6 nitrogen and oxygen atoms in total. The Morgan fingerprint density at radius 1 is 0.906 bits per heavy atom. The number of hydrogen-bond donors (Lipinski definition) is 1. The second-order valence-corrected chi connectivity index (χ2v) is 7.75. The van der Waals surface area contributed by atoms with Crippen LogP contribution in [0.4, 0.5) is 5.69 Å². The van der Waals surface area contributed by atoms with Gasteiger partial charge in [0.1, 0.15) is 5.69 Å². The van der Waals surface area contributed by atoms with Gasteiger partial charge in [-0.2, -0.15) is 5.10 Å². The van der Waals surface area contributed by atoms with Crippen LogP contribution in [0.1, 0.15) is 33.2 Å². The maximum absolute atomic E-state index is 13.6. The van der Waals surface area contributed by atoms with Crippen LogP contribution in [0.15, 0.2) is 72.8 Å². The number of carbonyl (C=O) groups is 1. The number of ether oxygens (including phenoxy) is 2. The van der Waals surface area contributed by atoms with Gasteiger partial charge in [-0.05, 0) is 36.8 Å². The molecule has 3 aromatic carbocycles. The Balaban J connectivity index is 1.73. The molecule has 1 aliphatic heterocycles. The number of hydrogen-bond acceptors (Lipinski definition) is 4. The molecule has 0 unspecified atom stereocenters. The van der Waals surface area contributed by atoms with Gasteiger partial charge in [-0.25, -0.2) is 0 Å². The van der Waals surface area contributed by atoms with E-state index in [0.29, 0.717) is 17.2 Å². The van der Waals surface area contributed by atoms with Crippen molar-refractivity contribution in [2.24, 2.45) is 0 Å². The molecule has 1 amide bonds. The summed E-state index contributed by atoms with van der Waals surface area (Å²) in [4.78, 5) is 15.4. The zero-order valence-electron chi connectivity index (χ0n) is 18.1. The Morgan fingerprint density at radius 2 is 1.62 bits per heavy atom. The maximum Gasteiger partial charge on any atom is 0.277 e. The van der Waals surface area contributed by atoms with E-state index >= 15 is 0 Å². The molecule has 0 bridgehead atoms. The highest BCUT2D eigenvalue weighted by molar-refractivity contribution is 6.11. The van der Waals surface area contributed by atoms with Crippen molar-refractivity contribution in [3.8, 4) is 22.8 Å². The van der Waals surface area contributed by atoms with E-state index in [-0.39, 0.29) is 11.9 Å². The molecular formula is C26H23N3O3. The van der Waals surface area contributed by atoms with Gasteiger partial charge in [-0.1, -0.05) is 54.1 Å². The predicted molar refractivity (Wildman–Crippen MR) is 123 cm³/mol. The number of para-hydroxylation sites is 1. The second-order valence-electron chi connectivity index (χ2n) is 7.75. The minimum Gasteiger partial charge on any atom is -0.493 e. The summed E-state index contributed by atoms with van der Waals surface area (Å²) in [5, 5.41) is 7.54. The summed E-state index contributed by atoms with van der Waals surface area (Å²) in [5.41, 5.74) is 5.98. The van der Waals surface area contributed by atoms with E-state index in [2.05, 4.69) is 10.2 Å². The van der Waals surface area contributed by atoms with Crippen LogP contribution in [0.3, 0.4) is 0 Å². The molecule has 32 heavy (non-hydrogen) atoms. The Hall–Kier alpha value is -4.06. The average molecular weight is 425 g/mol. The number of nitrogens with zero attached hydrogens (tertiary/aromatic N) is 2. The van der Waals surface area contributed by atoms with Crippen LogP contribution in [-0.4, -0.2) is 30.3 Å². The highest BCUT2D eigenvalue weighted by Gasteiger charge is 2.43. The van der Waals surface area contributed by atoms with Crippen molar-refractivity contribution in [2.75, 3.05) is 19.1 Å². The van der Waals surface area contributed by atoms with Crippen molar-refractivity contribution in [3.63, 3.8) is 0 Å². The molecule has 4 aromatic rings. The SMILES string of the molecule is COc1ccc([C@@H]2c3c(-c4ccc(C)cc4)n[nH]c3C(=O)N2c2ccccc2)cc1OC. The minimum atomic E-state index is -0.366. The van der Waals surface area contributed by atoms with Crippen molar-refractivity contribution in [1.82, 2.24) is 10.2 Å². The number of aryl methyl sites for hydroxylation is 1. The molecule has 0 spiro atoms. The van der Waals surface area contributed by atoms with E-state index in [4.69, 9.17) is 9.47 Å². The number of fused-ring (bicyclic) bond motifs is 1. The van der Waals surface area contributed by atoms with Gasteiger partial charge in [0.25, 0.3) is 5.91 Å². The molecule has 0 radical (unpaired) electrons. The lowest BCUT2D eigenvalue weighted by atomic mass is 9.95. The van der Waals surface area contributed by atoms with Crippen molar-refractivity contribution >= 4 is 11.6 Å². The van der Waals surface area contributed by atoms with Gasteiger partial charge in [0.2, 0.25) is 0 Å². The van der Waals surface area contributed by atoms with Crippen LogP contribution >= 0.6 is 0 Å². The van der Waals surface area contributed by atoms with Crippen LogP contribution in [0.25, 0.3) is 11.3 Å². The zero-order valence-corrected chi connectivity index (χ0v) is 18.1. The number of amides is 1. The summed E-state index contributed by atoms with van der Waals surface area (Å²) in [6, 6.07) is 23.2. The molecule has 160 valence electrons. The molecule has 2 heterocycles. The molecule has 1 aromatic heterocycles. The van der Waals surface area contributed by atoms with Crippen LogP contribution in [0.5, 0.6) is 11.5 Å². The first-order valence-corrected chi connectivity index (χ1v) is 10.4. The molecular weight excluding hydrogens is 402 g/mol. The normalized spacial score (nSPS) is 15.0. The van der Waals surface area contributed by atoms with Gasteiger partial charge < -0.3 is 9.47 Å². The van der Waals surface area contributed by atoms with Crippen molar-refractivity contribution < 1.29 is 14.3 Å². The van der Waals surface area contributed by atoms with Gasteiger partial charge >= 0.3 is 0 Å². The third-order valence-corrected chi connectivity index (χ3v) is 5.85. The lowest BCUT2D eigenvalue weighted by molar-refractivity contribution is 0.0988. The predicted octanol–water partition coefficient (Wildman–Crippen LogP) is 5.15. The smallest absolute Gasteiger partial charge is 0.277 e. The standard InChI is InChI=1S/C26H23N3O3/c1-16-9-11-17(12-10-16)23-22-24(28-27-23)26(30)29(19-7-5-4-6-8-19)25(22)18-13-14-20(31-2)21(15-18)32-3/h4-15,25H,1-3H3,(H,27,28)/t25-/m1/s1. The molecule has 1 N–H and O–H groups in total. The van der Waals surface area contributed by atoms with Gasteiger partial charge in [0.05, 0.1) is 26.0 Å². The first-order valence-electron chi connectivity index (χ1n) is 10.4.